The van der Waals surface area contributed by atoms with E-state index in [1.807, 2.05) is 6.92 Å². The second-order valence-corrected chi connectivity index (χ2v) is 5.24. The summed E-state index contributed by atoms with van der Waals surface area (Å²) in [6, 6.07) is 4.78. The monoisotopic (exact) mass is 306 g/mol. The van der Waals surface area contributed by atoms with Crippen LogP contribution in [0.4, 0.5) is 4.39 Å². The minimum Gasteiger partial charge on any atom is -0.480 e. The first-order valence-corrected chi connectivity index (χ1v) is 6.67. The van der Waals surface area contributed by atoms with Crippen LogP contribution in [0, 0.1) is 5.82 Å². The van der Waals surface area contributed by atoms with Crippen molar-refractivity contribution in [2.24, 2.45) is 0 Å². The number of hydrogen-bond donors (Lipinski definition) is 1. The molecule has 0 aromatic heterocycles. The van der Waals surface area contributed by atoms with E-state index >= 15 is 0 Å². The van der Waals surface area contributed by atoms with Crippen molar-refractivity contribution < 1.29 is 14.3 Å². The quantitative estimate of drug-likeness (QED) is 0.901. The van der Waals surface area contributed by atoms with Gasteiger partial charge >= 0.3 is 5.97 Å². The van der Waals surface area contributed by atoms with Crippen molar-refractivity contribution in [2.45, 2.75) is 24.3 Å². The van der Waals surface area contributed by atoms with Crippen molar-refractivity contribution in [2.75, 3.05) is 0 Å². The molecule has 0 radical (unpaired) electrons. The van der Waals surface area contributed by atoms with Crippen LogP contribution in [-0.2, 0) is 10.5 Å². The lowest BCUT2D eigenvalue weighted by Crippen LogP contribution is -2.15. The summed E-state index contributed by atoms with van der Waals surface area (Å²) in [6.07, 6.45) is 0.562. The van der Waals surface area contributed by atoms with E-state index in [4.69, 9.17) is 5.11 Å². The SMILES string of the molecule is CCC(SCc1cccc(F)c1Br)C(=O)O. The summed E-state index contributed by atoms with van der Waals surface area (Å²) in [5.41, 5.74) is 0.782. The summed E-state index contributed by atoms with van der Waals surface area (Å²) in [7, 11) is 0. The van der Waals surface area contributed by atoms with Crippen molar-refractivity contribution in [3.05, 3.63) is 34.1 Å². The third-order valence-electron chi connectivity index (χ3n) is 2.12. The zero-order valence-electron chi connectivity index (χ0n) is 8.74. The Bertz CT molecular complexity index is 384. The molecule has 1 atom stereocenters. The molecule has 0 saturated heterocycles. The van der Waals surface area contributed by atoms with Gasteiger partial charge in [0.25, 0.3) is 0 Å². The fraction of sp³-hybridized carbons (Fsp3) is 0.364. The van der Waals surface area contributed by atoms with Crippen LogP contribution < -0.4 is 0 Å². The average Bonchev–Trinajstić information content (AvgIpc) is 2.24. The maximum absolute atomic E-state index is 13.2. The molecule has 1 N–H and O–H groups in total. The summed E-state index contributed by atoms with van der Waals surface area (Å²) >= 11 is 4.46. The minimum absolute atomic E-state index is 0.318. The highest BCUT2D eigenvalue weighted by atomic mass is 79.9. The molecule has 2 nitrogen and oxygen atoms in total. The highest BCUT2D eigenvalue weighted by Gasteiger charge is 2.16. The molecule has 0 heterocycles. The summed E-state index contributed by atoms with van der Waals surface area (Å²) in [5.74, 6) is -0.648. The summed E-state index contributed by atoms with van der Waals surface area (Å²) < 4.78 is 13.6. The normalized spacial score (nSPS) is 12.4. The molecule has 1 unspecified atom stereocenters. The Kier molecular flexibility index (Phi) is 5.28. The summed E-state index contributed by atoms with van der Waals surface area (Å²) in [5, 5.41) is 8.43. The Labute approximate surface area is 106 Å². The third kappa shape index (κ3) is 3.49. The van der Waals surface area contributed by atoms with Gasteiger partial charge in [0.2, 0.25) is 0 Å². The van der Waals surface area contributed by atoms with Gasteiger partial charge in [0.05, 0.1) is 4.47 Å². The smallest absolute Gasteiger partial charge is 0.316 e. The molecule has 16 heavy (non-hydrogen) atoms. The van der Waals surface area contributed by atoms with Gasteiger partial charge in [-0.25, -0.2) is 4.39 Å². The molecule has 0 saturated carbocycles. The number of aliphatic carboxylic acids is 1. The van der Waals surface area contributed by atoms with Crippen LogP contribution in [-0.4, -0.2) is 16.3 Å². The first-order valence-electron chi connectivity index (χ1n) is 4.83. The van der Waals surface area contributed by atoms with Gasteiger partial charge in [-0.2, -0.15) is 0 Å². The molecule has 5 heteroatoms. The fourth-order valence-electron chi connectivity index (χ4n) is 1.21. The molecule has 88 valence electrons. The van der Waals surface area contributed by atoms with Crippen LogP contribution in [0.5, 0.6) is 0 Å². The third-order valence-corrected chi connectivity index (χ3v) is 4.42. The van der Waals surface area contributed by atoms with E-state index < -0.39 is 11.2 Å². The van der Waals surface area contributed by atoms with Crippen molar-refractivity contribution in [3.8, 4) is 0 Å². The van der Waals surface area contributed by atoms with Crippen molar-refractivity contribution in [1.29, 1.82) is 0 Å². The van der Waals surface area contributed by atoms with Gasteiger partial charge in [0.1, 0.15) is 11.1 Å². The Balaban J connectivity index is 2.67. The standard InChI is InChI=1S/C11H12BrFO2S/c1-2-9(11(14)15)16-6-7-4-3-5-8(13)10(7)12/h3-5,9H,2,6H2,1H3,(H,14,15). The topological polar surface area (TPSA) is 37.3 Å². The molecule has 0 spiro atoms. The summed E-state index contributed by atoms with van der Waals surface area (Å²) in [4.78, 5) is 10.8. The molecule has 0 fully saturated rings. The second-order valence-electron chi connectivity index (χ2n) is 3.26. The molecule has 1 aromatic rings. The Morgan fingerprint density at radius 2 is 2.31 bits per heavy atom. The van der Waals surface area contributed by atoms with Gasteiger partial charge in [0, 0.05) is 5.75 Å². The number of hydrogen-bond acceptors (Lipinski definition) is 2. The first-order chi connectivity index (χ1) is 7.56. The lowest BCUT2D eigenvalue weighted by Gasteiger charge is -2.10. The molecular weight excluding hydrogens is 295 g/mol. The van der Waals surface area contributed by atoms with E-state index in [2.05, 4.69) is 15.9 Å². The van der Waals surface area contributed by atoms with Crippen LogP contribution >= 0.6 is 27.7 Å². The molecule has 0 aliphatic carbocycles. The first kappa shape index (κ1) is 13.5. The van der Waals surface area contributed by atoms with E-state index in [9.17, 15) is 9.18 Å². The van der Waals surface area contributed by atoms with E-state index in [-0.39, 0.29) is 5.82 Å². The summed E-state index contributed by atoms with van der Waals surface area (Å²) in [6.45, 7) is 1.83. The van der Waals surface area contributed by atoms with Crippen LogP contribution in [0.1, 0.15) is 18.9 Å². The zero-order chi connectivity index (χ0) is 12.1. The van der Waals surface area contributed by atoms with Gasteiger partial charge in [0.15, 0.2) is 0 Å². The lowest BCUT2D eigenvalue weighted by atomic mass is 10.2. The van der Waals surface area contributed by atoms with Gasteiger partial charge in [-0.05, 0) is 34.0 Å². The molecular formula is C11H12BrFO2S. The molecule has 0 aliphatic heterocycles. The molecule has 1 aromatic carbocycles. The zero-order valence-corrected chi connectivity index (χ0v) is 11.1. The molecule has 1 rings (SSSR count). The molecule has 0 bridgehead atoms. The fourth-order valence-corrected chi connectivity index (χ4v) is 2.80. The Hall–Kier alpha value is -0.550. The highest BCUT2D eigenvalue weighted by molar-refractivity contribution is 9.10. The molecule has 0 amide bonds. The predicted octanol–water partition coefficient (Wildman–Crippen LogP) is 3.68. The van der Waals surface area contributed by atoms with Crippen LogP contribution in [0.3, 0.4) is 0 Å². The van der Waals surface area contributed by atoms with E-state index in [0.717, 1.165) is 5.56 Å². The van der Waals surface area contributed by atoms with Gasteiger partial charge in [-0.3, -0.25) is 4.79 Å². The number of benzene rings is 1. The van der Waals surface area contributed by atoms with Crippen LogP contribution in [0.2, 0.25) is 0 Å². The Morgan fingerprint density at radius 1 is 1.62 bits per heavy atom. The number of carboxylic acid groups (broad SMARTS) is 1. The van der Waals surface area contributed by atoms with Gasteiger partial charge in [-0.1, -0.05) is 19.1 Å². The van der Waals surface area contributed by atoms with Crippen molar-refractivity contribution >= 4 is 33.7 Å². The van der Waals surface area contributed by atoms with Crippen molar-refractivity contribution in [3.63, 3.8) is 0 Å². The van der Waals surface area contributed by atoms with Crippen molar-refractivity contribution in [1.82, 2.24) is 0 Å². The van der Waals surface area contributed by atoms with Crippen LogP contribution in [0.15, 0.2) is 22.7 Å². The van der Waals surface area contributed by atoms with Gasteiger partial charge in [-0.15, -0.1) is 11.8 Å². The predicted molar refractivity (Wildman–Crippen MR) is 67.1 cm³/mol. The number of carbonyl (C=O) groups is 1. The highest BCUT2D eigenvalue weighted by Crippen LogP contribution is 2.27. The van der Waals surface area contributed by atoms with E-state index in [0.29, 0.717) is 16.6 Å². The number of carboxylic acids is 1. The van der Waals surface area contributed by atoms with E-state index in [1.54, 1.807) is 12.1 Å². The minimum atomic E-state index is -0.819. The maximum atomic E-state index is 13.2. The lowest BCUT2D eigenvalue weighted by molar-refractivity contribution is -0.136. The number of thioether (sulfide) groups is 1. The Morgan fingerprint density at radius 3 is 2.88 bits per heavy atom. The molecule has 0 aliphatic rings. The average molecular weight is 307 g/mol. The van der Waals surface area contributed by atoms with Gasteiger partial charge < -0.3 is 5.11 Å². The number of rotatable bonds is 5. The van der Waals surface area contributed by atoms with Crippen LogP contribution in [0.25, 0.3) is 0 Å². The maximum Gasteiger partial charge on any atom is 0.316 e. The largest absolute Gasteiger partial charge is 0.480 e. The van der Waals surface area contributed by atoms with E-state index in [1.165, 1.54) is 17.8 Å². The second kappa shape index (κ2) is 6.25. The number of halogens is 2.